The Kier molecular flexibility index (Phi) is 8.05. The summed E-state index contributed by atoms with van der Waals surface area (Å²) in [6.45, 7) is 10.7. The number of amides is 1. The van der Waals surface area contributed by atoms with Gasteiger partial charge in [-0.15, -0.1) is 0 Å². The molecule has 0 saturated heterocycles. The van der Waals surface area contributed by atoms with Crippen LogP contribution in [0.2, 0.25) is 0 Å². The Bertz CT molecular complexity index is 973. The molecule has 2 N–H and O–H groups in total. The molecule has 3 rings (SSSR count). The van der Waals surface area contributed by atoms with E-state index in [-0.39, 0.29) is 5.91 Å². The van der Waals surface area contributed by atoms with Crippen LogP contribution in [0.5, 0.6) is 0 Å². The van der Waals surface area contributed by atoms with Gasteiger partial charge in [0.05, 0.1) is 5.92 Å². The number of hydrogen-bond donors (Lipinski definition) is 2. The summed E-state index contributed by atoms with van der Waals surface area (Å²) < 4.78 is 13.1. The van der Waals surface area contributed by atoms with Crippen molar-refractivity contribution in [2.24, 2.45) is 5.92 Å². The number of allylic oxidation sites excluding steroid dienone is 5. The van der Waals surface area contributed by atoms with E-state index in [2.05, 4.69) is 67.7 Å². The molecule has 2 heterocycles. The number of nitrogens with zero attached hydrogens (tertiary/aromatic N) is 1. The third-order valence-electron chi connectivity index (χ3n) is 6.16. The van der Waals surface area contributed by atoms with Gasteiger partial charge in [-0.25, -0.2) is 9.37 Å². The minimum atomic E-state index is -1.01. The van der Waals surface area contributed by atoms with Crippen LogP contribution in [0.4, 0.5) is 10.2 Å². The van der Waals surface area contributed by atoms with Crippen molar-refractivity contribution >= 4 is 17.8 Å². The van der Waals surface area contributed by atoms with Crippen LogP contribution >= 0.6 is 0 Å². The number of hydrogen-bond acceptors (Lipinski definition) is 3. The van der Waals surface area contributed by atoms with Crippen molar-refractivity contribution in [1.29, 1.82) is 0 Å². The zero-order chi connectivity index (χ0) is 23.3. The fraction of sp³-hybridized carbons (Fsp3) is 0.481. The Morgan fingerprint density at radius 1 is 1.34 bits per heavy atom. The van der Waals surface area contributed by atoms with Crippen molar-refractivity contribution in [2.75, 3.05) is 5.32 Å². The number of dihydropyridines is 1. The van der Waals surface area contributed by atoms with Gasteiger partial charge >= 0.3 is 0 Å². The number of carbonyl (C=O) groups is 1. The smallest absolute Gasteiger partial charge is 0.231 e. The number of anilines is 1. The number of unbranched alkanes of at least 4 members (excludes halogenated alkanes) is 1. The lowest BCUT2D eigenvalue weighted by Crippen LogP contribution is -2.26. The molecule has 1 aromatic rings. The Morgan fingerprint density at radius 2 is 2.09 bits per heavy atom. The van der Waals surface area contributed by atoms with Crippen LogP contribution in [0.1, 0.15) is 70.9 Å². The quantitative estimate of drug-likeness (QED) is 0.438. The van der Waals surface area contributed by atoms with Crippen molar-refractivity contribution in [3.63, 3.8) is 0 Å². The third-order valence-corrected chi connectivity index (χ3v) is 6.16. The third kappa shape index (κ3) is 5.96. The molecule has 0 radical (unpaired) electrons. The van der Waals surface area contributed by atoms with Gasteiger partial charge in [0.1, 0.15) is 12.0 Å². The van der Waals surface area contributed by atoms with Crippen LogP contribution in [0.3, 0.4) is 0 Å². The second-order valence-corrected chi connectivity index (χ2v) is 8.95. The molecular weight excluding hydrogens is 401 g/mol. The molecule has 4 nitrogen and oxygen atoms in total. The molecular formula is C27H36FN3O. The Morgan fingerprint density at radius 3 is 2.69 bits per heavy atom. The first-order valence-corrected chi connectivity index (χ1v) is 11.8. The second-order valence-electron chi connectivity index (χ2n) is 8.95. The van der Waals surface area contributed by atoms with E-state index in [1.807, 2.05) is 13.0 Å². The van der Waals surface area contributed by atoms with E-state index in [0.717, 1.165) is 24.0 Å². The van der Waals surface area contributed by atoms with Gasteiger partial charge < -0.3 is 10.6 Å². The van der Waals surface area contributed by atoms with E-state index in [9.17, 15) is 9.18 Å². The van der Waals surface area contributed by atoms with Gasteiger partial charge in [0.25, 0.3) is 0 Å². The molecule has 1 aliphatic heterocycles. The number of halogens is 1. The zero-order valence-electron chi connectivity index (χ0n) is 20.0. The maximum absolute atomic E-state index is 13.1. The summed E-state index contributed by atoms with van der Waals surface area (Å²) >= 11 is 0. The van der Waals surface area contributed by atoms with Gasteiger partial charge in [-0.05, 0) is 80.0 Å². The highest BCUT2D eigenvalue weighted by atomic mass is 19.1. The largest absolute Gasteiger partial charge is 0.384 e. The summed E-state index contributed by atoms with van der Waals surface area (Å²) in [6.07, 6.45) is 14.5. The molecule has 0 aromatic carbocycles. The Labute approximate surface area is 191 Å². The molecule has 32 heavy (non-hydrogen) atoms. The van der Waals surface area contributed by atoms with E-state index in [0.29, 0.717) is 18.3 Å². The van der Waals surface area contributed by atoms with Gasteiger partial charge in [0, 0.05) is 24.0 Å². The van der Waals surface area contributed by atoms with Crippen molar-refractivity contribution in [3.05, 3.63) is 64.0 Å². The SMILES string of the molecule is CC/C=C(C)/C(=C\c1cnc(NC(=O)C2CC2F)cc1C)C1=CNC(CCCC)C=C1C. The molecule has 1 fully saturated rings. The van der Waals surface area contributed by atoms with E-state index in [4.69, 9.17) is 0 Å². The van der Waals surface area contributed by atoms with Crippen LogP contribution in [0.25, 0.3) is 6.08 Å². The molecule has 3 atom stereocenters. The van der Waals surface area contributed by atoms with E-state index < -0.39 is 12.1 Å². The summed E-state index contributed by atoms with van der Waals surface area (Å²) in [7, 11) is 0. The lowest BCUT2D eigenvalue weighted by atomic mass is 9.88. The average molecular weight is 438 g/mol. The van der Waals surface area contributed by atoms with Gasteiger partial charge in [-0.2, -0.15) is 0 Å². The van der Waals surface area contributed by atoms with Crippen molar-refractivity contribution in [3.8, 4) is 0 Å². The highest BCUT2D eigenvalue weighted by Crippen LogP contribution is 2.35. The summed E-state index contributed by atoms with van der Waals surface area (Å²) in [4.78, 5) is 16.4. The number of aryl methyl sites for hydroxylation is 1. The molecule has 5 heteroatoms. The first-order chi connectivity index (χ1) is 15.3. The molecule has 3 unspecified atom stereocenters. The highest BCUT2D eigenvalue weighted by molar-refractivity contribution is 5.94. The normalized spacial score (nSPS) is 23.2. The van der Waals surface area contributed by atoms with Gasteiger partial charge in [0.15, 0.2) is 0 Å². The fourth-order valence-electron chi connectivity index (χ4n) is 4.04. The molecule has 0 bridgehead atoms. The van der Waals surface area contributed by atoms with Crippen molar-refractivity contribution in [2.45, 2.75) is 78.9 Å². The van der Waals surface area contributed by atoms with E-state index in [1.165, 1.54) is 35.1 Å². The molecule has 0 spiro atoms. The number of nitrogens with one attached hydrogen (secondary N) is 2. The summed E-state index contributed by atoms with van der Waals surface area (Å²) in [5.74, 6) is -0.335. The predicted molar refractivity (Wildman–Crippen MR) is 131 cm³/mol. The lowest BCUT2D eigenvalue weighted by molar-refractivity contribution is -0.117. The fourth-order valence-corrected chi connectivity index (χ4v) is 4.04. The van der Waals surface area contributed by atoms with Gasteiger partial charge in [-0.1, -0.05) is 38.8 Å². The number of rotatable bonds is 9. The Hall–Kier alpha value is -2.69. The monoisotopic (exact) mass is 437 g/mol. The van der Waals surface area contributed by atoms with Gasteiger partial charge in [0.2, 0.25) is 5.91 Å². The maximum atomic E-state index is 13.1. The number of pyridine rings is 1. The number of carbonyl (C=O) groups excluding carboxylic acids is 1. The average Bonchev–Trinajstić information content (AvgIpc) is 3.49. The molecule has 172 valence electrons. The lowest BCUT2D eigenvalue weighted by Gasteiger charge is -2.24. The maximum Gasteiger partial charge on any atom is 0.231 e. The summed E-state index contributed by atoms with van der Waals surface area (Å²) in [6, 6.07) is 2.24. The summed E-state index contributed by atoms with van der Waals surface area (Å²) in [5, 5.41) is 6.30. The van der Waals surface area contributed by atoms with Crippen LogP contribution in [-0.2, 0) is 4.79 Å². The number of aromatic nitrogens is 1. The predicted octanol–water partition coefficient (Wildman–Crippen LogP) is 6.42. The Balaban J connectivity index is 1.85. The molecule has 1 amide bonds. The second kappa shape index (κ2) is 10.8. The minimum absolute atomic E-state index is 0.285. The van der Waals surface area contributed by atoms with Crippen molar-refractivity contribution < 1.29 is 9.18 Å². The standard InChI is InChI=1S/C27H36FN3O/c1-6-8-10-21-11-19(5)24(16-29-21)22(17(3)9-7-2)13-20-15-30-26(12-18(20)4)31-27(32)23-14-25(23)28/h9,11-13,15-16,21,23,25,29H,6-8,10,14H2,1-5H3,(H,30,31,32)/b17-9+,22-13+. The highest BCUT2D eigenvalue weighted by Gasteiger charge is 2.43. The van der Waals surface area contributed by atoms with Gasteiger partial charge in [-0.3, -0.25) is 4.79 Å². The van der Waals surface area contributed by atoms with E-state index in [1.54, 1.807) is 6.20 Å². The molecule has 1 aromatic heterocycles. The first-order valence-electron chi connectivity index (χ1n) is 11.8. The van der Waals surface area contributed by atoms with Crippen LogP contribution in [-0.4, -0.2) is 23.1 Å². The zero-order valence-corrected chi connectivity index (χ0v) is 20.0. The van der Waals surface area contributed by atoms with Crippen LogP contribution < -0.4 is 10.6 Å². The van der Waals surface area contributed by atoms with E-state index >= 15 is 0 Å². The van der Waals surface area contributed by atoms with Crippen LogP contribution in [0.15, 0.2) is 52.9 Å². The first kappa shape index (κ1) is 24.0. The molecule has 1 saturated carbocycles. The molecule has 1 aliphatic carbocycles. The summed E-state index contributed by atoms with van der Waals surface area (Å²) in [5.41, 5.74) is 6.87. The number of alkyl halides is 1. The molecule has 2 aliphatic rings. The van der Waals surface area contributed by atoms with Crippen LogP contribution in [0, 0.1) is 12.8 Å². The van der Waals surface area contributed by atoms with Crippen molar-refractivity contribution in [1.82, 2.24) is 10.3 Å². The topological polar surface area (TPSA) is 54.0 Å². The minimum Gasteiger partial charge on any atom is -0.384 e.